The average Bonchev–Trinajstić information content (AvgIpc) is 3.04. The van der Waals surface area contributed by atoms with Crippen LogP contribution in [0.2, 0.25) is 0 Å². The predicted octanol–water partition coefficient (Wildman–Crippen LogP) is 1.80. The van der Waals surface area contributed by atoms with Crippen molar-refractivity contribution in [1.29, 1.82) is 0 Å². The van der Waals surface area contributed by atoms with E-state index in [4.69, 9.17) is 0 Å². The number of nitrogens with one attached hydrogen (secondary N) is 1. The van der Waals surface area contributed by atoms with Crippen molar-refractivity contribution < 1.29 is 4.79 Å². The standard InChI is InChI=1S/C13H24N2O/c1-4-8-14-13(16)10-15(12-5-6-12)9-7-11(2)3/h4,11-12H,1,5-10H2,2-3H3,(H,14,16). The van der Waals surface area contributed by atoms with Crippen molar-refractivity contribution >= 4 is 5.91 Å². The fourth-order valence-corrected chi connectivity index (χ4v) is 1.68. The summed E-state index contributed by atoms with van der Waals surface area (Å²) in [6, 6.07) is 0.660. The topological polar surface area (TPSA) is 32.3 Å². The zero-order valence-corrected chi connectivity index (χ0v) is 10.5. The quantitative estimate of drug-likeness (QED) is 0.638. The molecule has 0 heterocycles. The van der Waals surface area contributed by atoms with Crippen LogP contribution in [-0.4, -0.2) is 36.5 Å². The summed E-state index contributed by atoms with van der Waals surface area (Å²) in [5.74, 6) is 0.827. The minimum atomic E-state index is 0.121. The third-order valence-corrected chi connectivity index (χ3v) is 2.85. The molecule has 1 N–H and O–H groups in total. The van der Waals surface area contributed by atoms with Crippen molar-refractivity contribution in [2.75, 3.05) is 19.6 Å². The van der Waals surface area contributed by atoms with Crippen LogP contribution in [0.4, 0.5) is 0 Å². The first-order valence-electron chi connectivity index (χ1n) is 6.25. The van der Waals surface area contributed by atoms with E-state index in [9.17, 15) is 4.79 Å². The molecule has 0 radical (unpaired) electrons. The third kappa shape index (κ3) is 5.31. The lowest BCUT2D eigenvalue weighted by Gasteiger charge is -2.22. The second-order valence-corrected chi connectivity index (χ2v) is 4.98. The van der Waals surface area contributed by atoms with Crippen molar-refractivity contribution in [3.05, 3.63) is 12.7 Å². The summed E-state index contributed by atoms with van der Waals surface area (Å²) in [6.07, 6.45) is 5.40. The lowest BCUT2D eigenvalue weighted by Crippen LogP contribution is -2.39. The Morgan fingerprint density at radius 1 is 1.56 bits per heavy atom. The minimum Gasteiger partial charge on any atom is -0.352 e. The highest BCUT2D eigenvalue weighted by Crippen LogP contribution is 2.26. The molecule has 0 aromatic carbocycles. The Labute approximate surface area is 98.9 Å². The van der Waals surface area contributed by atoms with Gasteiger partial charge in [-0.05, 0) is 31.7 Å². The maximum Gasteiger partial charge on any atom is 0.234 e. The van der Waals surface area contributed by atoms with E-state index < -0.39 is 0 Å². The number of amides is 1. The molecule has 1 fully saturated rings. The third-order valence-electron chi connectivity index (χ3n) is 2.85. The van der Waals surface area contributed by atoms with E-state index >= 15 is 0 Å². The number of hydrogen-bond acceptors (Lipinski definition) is 2. The zero-order chi connectivity index (χ0) is 12.0. The summed E-state index contributed by atoms with van der Waals surface area (Å²) in [4.78, 5) is 13.9. The Morgan fingerprint density at radius 3 is 2.75 bits per heavy atom. The molecule has 92 valence electrons. The molecule has 0 saturated heterocycles. The molecule has 0 aromatic rings. The highest BCUT2D eigenvalue weighted by Gasteiger charge is 2.29. The molecule has 0 aromatic heterocycles. The van der Waals surface area contributed by atoms with Crippen molar-refractivity contribution in [2.45, 2.75) is 39.2 Å². The molecule has 1 rings (SSSR count). The van der Waals surface area contributed by atoms with E-state index in [0.717, 1.165) is 6.54 Å². The van der Waals surface area contributed by atoms with Gasteiger partial charge < -0.3 is 5.32 Å². The van der Waals surface area contributed by atoms with Gasteiger partial charge in [0.1, 0.15) is 0 Å². The van der Waals surface area contributed by atoms with Crippen molar-refractivity contribution in [1.82, 2.24) is 10.2 Å². The Hall–Kier alpha value is -0.830. The molecular formula is C13H24N2O. The van der Waals surface area contributed by atoms with Crippen LogP contribution < -0.4 is 5.32 Å². The van der Waals surface area contributed by atoms with Crippen LogP contribution in [0.1, 0.15) is 33.1 Å². The molecular weight excluding hydrogens is 200 g/mol. The SMILES string of the molecule is C=CCNC(=O)CN(CCC(C)C)C1CC1. The lowest BCUT2D eigenvalue weighted by molar-refractivity contribution is -0.122. The molecule has 0 aliphatic heterocycles. The van der Waals surface area contributed by atoms with Gasteiger partial charge in [0.15, 0.2) is 0 Å². The van der Waals surface area contributed by atoms with Gasteiger partial charge in [0.25, 0.3) is 0 Å². The van der Waals surface area contributed by atoms with Crippen LogP contribution in [0.3, 0.4) is 0 Å². The second-order valence-electron chi connectivity index (χ2n) is 4.98. The number of rotatable bonds is 8. The molecule has 0 bridgehead atoms. The Balaban J connectivity index is 2.27. The van der Waals surface area contributed by atoms with Crippen LogP contribution in [0, 0.1) is 5.92 Å². The van der Waals surface area contributed by atoms with Gasteiger partial charge in [0.2, 0.25) is 5.91 Å². The van der Waals surface area contributed by atoms with E-state index in [1.807, 2.05) is 0 Å². The van der Waals surface area contributed by atoms with Crippen LogP contribution in [-0.2, 0) is 4.79 Å². The Bertz CT molecular complexity index is 234. The molecule has 1 amide bonds. The predicted molar refractivity (Wildman–Crippen MR) is 67.3 cm³/mol. The molecule has 1 aliphatic carbocycles. The van der Waals surface area contributed by atoms with Crippen molar-refractivity contribution in [2.24, 2.45) is 5.92 Å². The molecule has 0 spiro atoms. The van der Waals surface area contributed by atoms with E-state index in [2.05, 4.69) is 30.6 Å². The van der Waals surface area contributed by atoms with Gasteiger partial charge >= 0.3 is 0 Å². The molecule has 1 saturated carbocycles. The molecule has 1 aliphatic rings. The van der Waals surface area contributed by atoms with Gasteiger partial charge in [0.05, 0.1) is 6.54 Å². The molecule has 0 unspecified atom stereocenters. The first-order chi connectivity index (χ1) is 7.63. The number of nitrogens with zero attached hydrogens (tertiary/aromatic N) is 1. The monoisotopic (exact) mass is 224 g/mol. The van der Waals surface area contributed by atoms with E-state index in [1.165, 1.54) is 19.3 Å². The number of carbonyl (C=O) groups excluding carboxylic acids is 1. The van der Waals surface area contributed by atoms with Crippen LogP contribution in [0.5, 0.6) is 0 Å². The molecule has 3 heteroatoms. The number of hydrogen-bond donors (Lipinski definition) is 1. The first-order valence-corrected chi connectivity index (χ1v) is 6.25. The lowest BCUT2D eigenvalue weighted by atomic mass is 10.1. The molecule has 0 atom stereocenters. The molecule has 3 nitrogen and oxygen atoms in total. The van der Waals surface area contributed by atoms with E-state index in [0.29, 0.717) is 25.0 Å². The summed E-state index contributed by atoms with van der Waals surface area (Å²) in [6.45, 7) is 10.2. The highest BCUT2D eigenvalue weighted by molar-refractivity contribution is 5.78. The van der Waals surface area contributed by atoms with Crippen LogP contribution in [0.15, 0.2) is 12.7 Å². The maximum atomic E-state index is 11.6. The van der Waals surface area contributed by atoms with Crippen LogP contribution in [0.25, 0.3) is 0 Å². The first kappa shape index (κ1) is 13.2. The summed E-state index contributed by atoms with van der Waals surface area (Å²) in [5.41, 5.74) is 0. The second kappa shape index (κ2) is 6.69. The summed E-state index contributed by atoms with van der Waals surface area (Å²) in [5, 5.41) is 2.83. The van der Waals surface area contributed by atoms with Crippen molar-refractivity contribution in [3.8, 4) is 0 Å². The van der Waals surface area contributed by atoms with Gasteiger partial charge in [-0.2, -0.15) is 0 Å². The minimum absolute atomic E-state index is 0.121. The largest absolute Gasteiger partial charge is 0.352 e. The average molecular weight is 224 g/mol. The van der Waals surface area contributed by atoms with Crippen molar-refractivity contribution in [3.63, 3.8) is 0 Å². The van der Waals surface area contributed by atoms with Gasteiger partial charge in [-0.25, -0.2) is 0 Å². The van der Waals surface area contributed by atoms with Gasteiger partial charge in [-0.1, -0.05) is 19.9 Å². The van der Waals surface area contributed by atoms with Gasteiger partial charge in [-0.3, -0.25) is 9.69 Å². The smallest absolute Gasteiger partial charge is 0.234 e. The van der Waals surface area contributed by atoms with E-state index in [1.54, 1.807) is 6.08 Å². The fraction of sp³-hybridized carbons (Fsp3) is 0.769. The normalized spacial score (nSPS) is 15.5. The van der Waals surface area contributed by atoms with E-state index in [-0.39, 0.29) is 5.91 Å². The van der Waals surface area contributed by atoms with Crippen LogP contribution >= 0.6 is 0 Å². The molecule has 16 heavy (non-hydrogen) atoms. The van der Waals surface area contributed by atoms with Gasteiger partial charge in [0, 0.05) is 12.6 Å². The fourth-order valence-electron chi connectivity index (χ4n) is 1.68. The maximum absolute atomic E-state index is 11.6. The Morgan fingerprint density at radius 2 is 2.25 bits per heavy atom. The zero-order valence-electron chi connectivity index (χ0n) is 10.5. The summed E-state index contributed by atoms with van der Waals surface area (Å²) >= 11 is 0. The van der Waals surface area contributed by atoms with Gasteiger partial charge in [-0.15, -0.1) is 6.58 Å². The Kier molecular flexibility index (Phi) is 5.53. The summed E-state index contributed by atoms with van der Waals surface area (Å²) in [7, 11) is 0. The highest BCUT2D eigenvalue weighted by atomic mass is 16.2. The number of carbonyl (C=O) groups is 1. The summed E-state index contributed by atoms with van der Waals surface area (Å²) < 4.78 is 0.